The van der Waals surface area contributed by atoms with E-state index < -0.39 is 11.7 Å². The van der Waals surface area contributed by atoms with Crippen LogP contribution in [-0.2, 0) is 17.4 Å². The van der Waals surface area contributed by atoms with Crippen molar-refractivity contribution in [1.82, 2.24) is 4.90 Å². The van der Waals surface area contributed by atoms with Gasteiger partial charge in [0.25, 0.3) is 0 Å². The van der Waals surface area contributed by atoms with E-state index in [1.807, 2.05) is 13.0 Å². The molecular weight excluding hydrogens is 269 g/mol. The van der Waals surface area contributed by atoms with Gasteiger partial charge in [0.05, 0.1) is 18.1 Å². The highest BCUT2D eigenvalue weighted by molar-refractivity contribution is 5.79. The summed E-state index contributed by atoms with van der Waals surface area (Å²) in [6, 6.07) is 6.57. The topological polar surface area (TPSA) is 44.1 Å². The first-order chi connectivity index (χ1) is 9.38. The van der Waals surface area contributed by atoms with Crippen molar-refractivity contribution in [2.45, 2.75) is 25.9 Å². The molecule has 0 aliphatic carbocycles. The Kier molecular flexibility index (Phi) is 5.56. The molecule has 1 aromatic rings. The molecule has 0 aliphatic heterocycles. The fourth-order valence-corrected chi connectivity index (χ4v) is 1.79. The van der Waals surface area contributed by atoms with E-state index in [2.05, 4.69) is 0 Å². The van der Waals surface area contributed by atoms with Crippen LogP contribution in [0.15, 0.2) is 24.3 Å². The molecule has 3 nitrogen and oxygen atoms in total. The van der Waals surface area contributed by atoms with Crippen molar-refractivity contribution in [1.29, 1.82) is 5.26 Å². The molecule has 0 aromatic heterocycles. The second-order valence-corrected chi connectivity index (χ2v) is 4.35. The van der Waals surface area contributed by atoms with Crippen LogP contribution in [0.1, 0.15) is 24.5 Å². The summed E-state index contributed by atoms with van der Waals surface area (Å²) in [6.45, 7) is 2.24. The van der Waals surface area contributed by atoms with Gasteiger partial charge < -0.3 is 4.90 Å². The molecule has 0 bridgehead atoms. The molecule has 0 saturated heterocycles. The SMILES string of the molecule is CCCN(CC#N)C(=O)Cc1cccc(C(F)(F)F)c1. The molecule has 0 saturated carbocycles. The number of rotatable bonds is 5. The minimum atomic E-state index is -4.42. The van der Waals surface area contributed by atoms with E-state index in [0.717, 1.165) is 12.1 Å². The quantitative estimate of drug-likeness (QED) is 0.780. The molecule has 1 aromatic carbocycles. The summed E-state index contributed by atoms with van der Waals surface area (Å²) in [5.74, 6) is -0.340. The van der Waals surface area contributed by atoms with Crippen molar-refractivity contribution < 1.29 is 18.0 Å². The van der Waals surface area contributed by atoms with E-state index in [-0.39, 0.29) is 18.9 Å². The molecule has 0 atom stereocenters. The van der Waals surface area contributed by atoms with Crippen molar-refractivity contribution in [3.8, 4) is 6.07 Å². The van der Waals surface area contributed by atoms with Gasteiger partial charge in [-0.05, 0) is 18.1 Å². The highest BCUT2D eigenvalue weighted by atomic mass is 19.4. The van der Waals surface area contributed by atoms with Gasteiger partial charge in [0.15, 0.2) is 0 Å². The van der Waals surface area contributed by atoms with Crippen LogP contribution >= 0.6 is 0 Å². The van der Waals surface area contributed by atoms with Crippen molar-refractivity contribution in [3.05, 3.63) is 35.4 Å². The van der Waals surface area contributed by atoms with Crippen LogP contribution in [-0.4, -0.2) is 23.9 Å². The van der Waals surface area contributed by atoms with Crippen LogP contribution in [0.2, 0.25) is 0 Å². The Morgan fingerprint density at radius 3 is 2.65 bits per heavy atom. The van der Waals surface area contributed by atoms with Gasteiger partial charge >= 0.3 is 6.18 Å². The number of benzene rings is 1. The molecule has 1 rings (SSSR count). The Labute approximate surface area is 115 Å². The maximum Gasteiger partial charge on any atom is 0.416 e. The number of carbonyl (C=O) groups is 1. The molecule has 0 unspecified atom stereocenters. The van der Waals surface area contributed by atoms with E-state index in [0.29, 0.717) is 18.5 Å². The number of amides is 1. The molecule has 1 amide bonds. The van der Waals surface area contributed by atoms with Gasteiger partial charge in [-0.1, -0.05) is 25.1 Å². The van der Waals surface area contributed by atoms with Crippen molar-refractivity contribution in [2.75, 3.05) is 13.1 Å². The van der Waals surface area contributed by atoms with Gasteiger partial charge in [-0.25, -0.2) is 0 Å². The zero-order valence-electron chi connectivity index (χ0n) is 11.1. The minimum Gasteiger partial charge on any atom is -0.329 e. The third-order valence-corrected chi connectivity index (χ3v) is 2.72. The van der Waals surface area contributed by atoms with Crippen molar-refractivity contribution >= 4 is 5.91 Å². The fourth-order valence-electron chi connectivity index (χ4n) is 1.79. The second kappa shape index (κ2) is 6.94. The molecular formula is C14H15F3N2O. The maximum absolute atomic E-state index is 12.6. The molecule has 108 valence electrons. The van der Waals surface area contributed by atoms with Gasteiger partial charge in [-0.2, -0.15) is 18.4 Å². The van der Waals surface area contributed by atoms with Gasteiger partial charge in [0.1, 0.15) is 6.54 Å². The first-order valence-corrected chi connectivity index (χ1v) is 6.19. The minimum absolute atomic E-state index is 0.0500. The monoisotopic (exact) mass is 284 g/mol. The maximum atomic E-state index is 12.6. The molecule has 0 N–H and O–H groups in total. The lowest BCUT2D eigenvalue weighted by Gasteiger charge is -2.19. The summed E-state index contributed by atoms with van der Waals surface area (Å²) in [5, 5.41) is 8.64. The van der Waals surface area contributed by atoms with E-state index in [4.69, 9.17) is 5.26 Å². The number of hydrogen-bond donors (Lipinski definition) is 0. The lowest BCUT2D eigenvalue weighted by molar-refractivity contribution is -0.138. The number of halogens is 3. The number of hydrogen-bond acceptors (Lipinski definition) is 2. The summed E-state index contributed by atoms with van der Waals surface area (Å²) in [4.78, 5) is 13.3. The van der Waals surface area contributed by atoms with E-state index in [9.17, 15) is 18.0 Å². The van der Waals surface area contributed by atoms with Gasteiger partial charge in [-0.15, -0.1) is 0 Å². The summed E-state index contributed by atoms with van der Waals surface area (Å²) in [6.07, 6.45) is -3.86. The average Bonchev–Trinajstić information content (AvgIpc) is 2.38. The second-order valence-electron chi connectivity index (χ2n) is 4.35. The first kappa shape index (κ1) is 16.0. The fraction of sp³-hybridized carbons (Fsp3) is 0.429. The third-order valence-electron chi connectivity index (χ3n) is 2.72. The molecule has 0 aliphatic rings. The number of alkyl halides is 3. The molecule has 0 heterocycles. The Bertz CT molecular complexity index is 506. The largest absolute Gasteiger partial charge is 0.416 e. The molecule has 0 spiro atoms. The summed E-state index contributed by atoms with van der Waals surface area (Å²) in [5.41, 5.74) is -0.478. The molecule has 6 heteroatoms. The van der Waals surface area contributed by atoms with E-state index >= 15 is 0 Å². The van der Waals surface area contributed by atoms with Crippen LogP contribution in [0.5, 0.6) is 0 Å². The van der Waals surface area contributed by atoms with Gasteiger partial charge in [0.2, 0.25) is 5.91 Å². The summed E-state index contributed by atoms with van der Waals surface area (Å²) >= 11 is 0. The van der Waals surface area contributed by atoms with Gasteiger partial charge in [-0.3, -0.25) is 4.79 Å². The molecule has 0 radical (unpaired) electrons. The van der Waals surface area contributed by atoms with Crippen LogP contribution in [0.25, 0.3) is 0 Å². The molecule has 0 fully saturated rings. The lowest BCUT2D eigenvalue weighted by atomic mass is 10.1. The van der Waals surface area contributed by atoms with Crippen LogP contribution in [0.3, 0.4) is 0 Å². The highest BCUT2D eigenvalue weighted by Crippen LogP contribution is 2.29. The predicted octanol–water partition coefficient (Wildman–Crippen LogP) is 3.01. The van der Waals surface area contributed by atoms with Gasteiger partial charge in [0, 0.05) is 6.54 Å². The standard InChI is InChI=1S/C14H15F3N2O/c1-2-7-19(8-6-18)13(20)10-11-4-3-5-12(9-11)14(15,16)17/h3-5,9H,2,7-8,10H2,1H3. The average molecular weight is 284 g/mol. The Morgan fingerprint density at radius 2 is 2.10 bits per heavy atom. The van der Waals surface area contributed by atoms with E-state index in [1.165, 1.54) is 17.0 Å². The third kappa shape index (κ3) is 4.57. The predicted molar refractivity (Wildman–Crippen MR) is 67.6 cm³/mol. The van der Waals surface area contributed by atoms with Crippen molar-refractivity contribution in [2.24, 2.45) is 0 Å². The summed E-state index contributed by atoms with van der Waals surface area (Å²) < 4.78 is 37.7. The smallest absolute Gasteiger partial charge is 0.329 e. The van der Waals surface area contributed by atoms with E-state index in [1.54, 1.807) is 0 Å². The normalized spacial score (nSPS) is 10.9. The number of nitriles is 1. The summed E-state index contributed by atoms with van der Waals surface area (Å²) in [7, 11) is 0. The van der Waals surface area contributed by atoms with Crippen LogP contribution in [0.4, 0.5) is 13.2 Å². The zero-order valence-corrected chi connectivity index (χ0v) is 11.1. The Hall–Kier alpha value is -2.03. The zero-order chi connectivity index (χ0) is 15.2. The first-order valence-electron chi connectivity index (χ1n) is 6.19. The number of nitrogens with zero attached hydrogens (tertiary/aromatic N) is 2. The van der Waals surface area contributed by atoms with Crippen LogP contribution in [0, 0.1) is 11.3 Å². The van der Waals surface area contributed by atoms with Crippen LogP contribution < -0.4 is 0 Å². The molecule has 20 heavy (non-hydrogen) atoms. The Morgan fingerprint density at radius 1 is 1.40 bits per heavy atom. The van der Waals surface area contributed by atoms with Crippen molar-refractivity contribution in [3.63, 3.8) is 0 Å². The lowest BCUT2D eigenvalue weighted by Crippen LogP contribution is -2.33. The number of carbonyl (C=O) groups excluding carboxylic acids is 1. The highest BCUT2D eigenvalue weighted by Gasteiger charge is 2.30. The Balaban J connectivity index is 2.82.